The van der Waals surface area contributed by atoms with Gasteiger partial charge in [0.15, 0.2) is 11.5 Å². The van der Waals surface area contributed by atoms with Crippen LogP contribution in [0, 0.1) is 17.3 Å². The molecule has 0 aromatic heterocycles. The van der Waals surface area contributed by atoms with Crippen molar-refractivity contribution in [3.8, 4) is 17.2 Å². The molecule has 0 bridgehead atoms. The van der Waals surface area contributed by atoms with E-state index in [-0.39, 0.29) is 23.2 Å². The highest BCUT2D eigenvalue weighted by Crippen LogP contribution is 2.52. The molecule has 29 heavy (non-hydrogen) atoms. The number of aliphatic hydroxyl groups is 1. The van der Waals surface area contributed by atoms with E-state index in [1.165, 1.54) is 12.7 Å². The van der Waals surface area contributed by atoms with Crippen molar-refractivity contribution in [1.82, 2.24) is 0 Å². The SMILES string of the molecule is COC(=O)[C@@H]1C[C@H]2C(=C[C@@H]1c1cc(OC)c(OC)cc1OC)CC(C)(C)C[C@H]2O. The van der Waals surface area contributed by atoms with E-state index in [0.717, 1.165) is 18.4 Å². The number of allylic oxidation sites excluding steroid dienone is 1. The van der Waals surface area contributed by atoms with E-state index in [9.17, 15) is 9.90 Å². The molecular formula is C23H32O6. The van der Waals surface area contributed by atoms with E-state index in [4.69, 9.17) is 18.9 Å². The number of benzene rings is 1. The number of ether oxygens (including phenoxy) is 4. The lowest BCUT2D eigenvalue weighted by molar-refractivity contribution is -0.147. The van der Waals surface area contributed by atoms with Gasteiger partial charge < -0.3 is 24.1 Å². The van der Waals surface area contributed by atoms with E-state index in [2.05, 4.69) is 19.9 Å². The molecule has 2 aliphatic carbocycles. The summed E-state index contributed by atoms with van der Waals surface area (Å²) < 4.78 is 21.6. The molecule has 0 unspecified atom stereocenters. The molecule has 6 heteroatoms. The van der Waals surface area contributed by atoms with Gasteiger partial charge in [-0.3, -0.25) is 4.79 Å². The molecule has 3 rings (SSSR count). The van der Waals surface area contributed by atoms with Crippen LogP contribution in [0.2, 0.25) is 0 Å². The molecule has 4 atom stereocenters. The quantitative estimate of drug-likeness (QED) is 0.596. The molecule has 1 aromatic carbocycles. The number of rotatable bonds is 5. The molecule has 0 heterocycles. The van der Waals surface area contributed by atoms with Crippen molar-refractivity contribution in [1.29, 1.82) is 0 Å². The molecule has 160 valence electrons. The molecule has 1 N–H and O–H groups in total. The average molecular weight is 405 g/mol. The summed E-state index contributed by atoms with van der Waals surface area (Å²) in [5.41, 5.74) is 2.08. The number of carbonyl (C=O) groups is 1. The van der Waals surface area contributed by atoms with Crippen molar-refractivity contribution in [3.05, 3.63) is 29.3 Å². The van der Waals surface area contributed by atoms with Gasteiger partial charge in [-0.1, -0.05) is 25.5 Å². The maximum atomic E-state index is 12.7. The van der Waals surface area contributed by atoms with Crippen LogP contribution >= 0.6 is 0 Å². The molecule has 0 radical (unpaired) electrons. The van der Waals surface area contributed by atoms with E-state index in [1.807, 2.05) is 6.07 Å². The van der Waals surface area contributed by atoms with Crippen LogP contribution < -0.4 is 14.2 Å². The Labute approximate surface area is 172 Å². The molecule has 2 aliphatic rings. The topological polar surface area (TPSA) is 74.2 Å². The predicted octanol–water partition coefficient (Wildman–Crippen LogP) is 3.71. The summed E-state index contributed by atoms with van der Waals surface area (Å²) in [5, 5.41) is 10.8. The van der Waals surface area contributed by atoms with Gasteiger partial charge in [0.25, 0.3) is 0 Å². The van der Waals surface area contributed by atoms with E-state index < -0.39 is 12.0 Å². The molecular weight excluding hydrogens is 372 g/mol. The predicted molar refractivity (Wildman–Crippen MR) is 110 cm³/mol. The van der Waals surface area contributed by atoms with Crippen molar-refractivity contribution in [2.24, 2.45) is 17.3 Å². The van der Waals surface area contributed by atoms with Crippen LogP contribution in [0.1, 0.15) is 44.6 Å². The maximum absolute atomic E-state index is 12.7. The fourth-order valence-corrected chi connectivity index (χ4v) is 4.98. The summed E-state index contributed by atoms with van der Waals surface area (Å²) >= 11 is 0. The van der Waals surface area contributed by atoms with E-state index in [1.54, 1.807) is 27.4 Å². The minimum atomic E-state index is -0.453. The van der Waals surface area contributed by atoms with Crippen LogP contribution in [0.25, 0.3) is 0 Å². The third kappa shape index (κ3) is 4.08. The first kappa shape index (κ1) is 21.5. The second-order valence-electron chi connectivity index (χ2n) is 8.80. The average Bonchev–Trinajstić information content (AvgIpc) is 2.70. The lowest BCUT2D eigenvalue weighted by Gasteiger charge is -2.45. The summed E-state index contributed by atoms with van der Waals surface area (Å²) in [6, 6.07) is 3.66. The minimum absolute atomic E-state index is 0.0190. The van der Waals surface area contributed by atoms with Crippen molar-refractivity contribution in [3.63, 3.8) is 0 Å². The molecule has 1 fully saturated rings. The van der Waals surface area contributed by atoms with Gasteiger partial charge in [-0.05, 0) is 30.7 Å². The van der Waals surface area contributed by atoms with Gasteiger partial charge in [0.05, 0.1) is 40.5 Å². The zero-order valence-electron chi connectivity index (χ0n) is 18.2. The highest BCUT2D eigenvalue weighted by molar-refractivity contribution is 5.75. The van der Waals surface area contributed by atoms with Crippen LogP contribution in [0.5, 0.6) is 17.2 Å². The largest absolute Gasteiger partial charge is 0.496 e. The highest BCUT2D eigenvalue weighted by atomic mass is 16.5. The Morgan fingerprint density at radius 2 is 1.66 bits per heavy atom. The van der Waals surface area contributed by atoms with Crippen molar-refractivity contribution >= 4 is 5.97 Å². The molecule has 0 spiro atoms. The third-order valence-electron chi connectivity index (χ3n) is 6.32. The zero-order chi connectivity index (χ0) is 21.3. The van der Waals surface area contributed by atoms with Gasteiger partial charge in [0, 0.05) is 23.5 Å². The van der Waals surface area contributed by atoms with Crippen LogP contribution in [-0.4, -0.2) is 45.6 Å². The number of hydrogen-bond acceptors (Lipinski definition) is 6. The van der Waals surface area contributed by atoms with E-state index >= 15 is 0 Å². The number of aliphatic hydroxyl groups excluding tert-OH is 1. The highest BCUT2D eigenvalue weighted by Gasteiger charge is 2.45. The van der Waals surface area contributed by atoms with Crippen molar-refractivity contribution in [2.45, 2.75) is 45.1 Å². The number of esters is 1. The summed E-state index contributed by atoms with van der Waals surface area (Å²) in [5.74, 6) is 0.844. The Hall–Kier alpha value is -2.21. The summed E-state index contributed by atoms with van der Waals surface area (Å²) in [6.45, 7) is 4.34. The first-order chi connectivity index (χ1) is 13.7. The lowest BCUT2D eigenvalue weighted by Crippen LogP contribution is -2.41. The molecule has 1 saturated carbocycles. The Kier molecular flexibility index (Phi) is 6.13. The summed E-state index contributed by atoms with van der Waals surface area (Å²) in [6.07, 6.45) is 3.87. The smallest absolute Gasteiger partial charge is 0.309 e. The second kappa shape index (κ2) is 8.27. The van der Waals surface area contributed by atoms with E-state index in [0.29, 0.717) is 23.7 Å². The monoisotopic (exact) mass is 404 g/mol. The minimum Gasteiger partial charge on any atom is -0.496 e. The fourth-order valence-electron chi connectivity index (χ4n) is 4.98. The summed E-state index contributed by atoms with van der Waals surface area (Å²) in [7, 11) is 6.17. The number of fused-ring (bicyclic) bond motifs is 1. The molecule has 1 aromatic rings. The first-order valence-electron chi connectivity index (χ1n) is 10.0. The molecule has 0 aliphatic heterocycles. The van der Waals surface area contributed by atoms with Crippen LogP contribution in [-0.2, 0) is 9.53 Å². The molecule has 0 amide bonds. The Morgan fingerprint density at radius 3 is 2.24 bits per heavy atom. The number of hydrogen-bond donors (Lipinski definition) is 1. The first-order valence-corrected chi connectivity index (χ1v) is 10.0. The van der Waals surface area contributed by atoms with Gasteiger partial charge in [-0.25, -0.2) is 0 Å². The van der Waals surface area contributed by atoms with Gasteiger partial charge in [-0.15, -0.1) is 0 Å². The molecule has 6 nitrogen and oxygen atoms in total. The zero-order valence-corrected chi connectivity index (χ0v) is 18.2. The Bertz CT molecular complexity index is 797. The van der Waals surface area contributed by atoms with Crippen LogP contribution in [0.4, 0.5) is 0 Å². The van der Waals surface area contributed by atoms with Crippen molar-refractivity contribution in [2.75, 3.05) is 28.4 Å². The summed E-state index contributed by atoms with van der Waals surface area (Å²) in [4.78, 5) is 12.7. The van der Waals surface area contributed by atoms with Gasteiger partial charge in [0.2, 0.25) is 0 Å². The number of methoxy groups -OCH3 is 4. The number of carbonyl (C=O) groups excluding carboxylic acids is 1. The normalized spacial score (nSPS) is 28.0. The Balaban J connectivity index is 2.14. The Morgan fingerprint density at radius 1 is 1.03 bits per heavy atom. The molecule has 0 saturated heterocycles. The standard InChI is InChI=1S/C23H32O6/c1-23(2)11-13-7-15(17(22(25)29-6)8-14(13)18(24)12-23)16-9-20(27-4)21(28-5)10-19(16)26-3/h7,9-10,14-15,17-18,24H,8,11-12H2,1-6H3/t14-,15+,17+,18+/m0/s1. The van der Waals surface area contributed by atoms with Gasteiger partial charge in [0.1, 0.15) is 5.75 Å². The van der Waals surface area contributed by atoms with Crippen LogP contribution in [0.3, 0.4) is 0 Å². The second-order valence-corrected chi connectivity index (χ2v) is 8.80. The fraction of sp³-hybridized carbons (Fsp3) is 0.609. The van der Waals surface area contributed by atoms with Gasteiger partial charge >= 0.3 is 5.97 Å². The van der Waals surface area contributed by atoms with Crippen molar-refractivity contribution < 1.29 is 28.8 Å². The lowest BCUT2D eigenvalue weighted by atomic mass is 9.61. The third-order valence-corrected chi connectivity index (χ3v) is 6.32. The van der Waals surface area contributed by atoms with Gasteiger partial charge in [-0.2, -0.15) is 0 Å². The maximum Gasteiger partial charge on any atom is 0.309 e. The van der Waals surface area contributed by atoms with Crippen LogP contribution in [0.15, 0.2) is 23.8 Å².